The zero-order valence-electron chi connectivity index (χ0n) is 19.7. The molecule has 3 fully saturated rings. The maximum atomic E-state index is 13.2. The molecular formula is C25H25F3N6O2. The number of hydrogen-bond donors (Lipinski definition) is 1. The fourth-order valence-corrected chi connectivity index (χ4v) is 6.78. The molecule has 0 saturated heterocycles. The minimum Gasteiger partial charge on any atom is -0.420 e. The molecule has 0 spiro atoms. The molecule has 3 aromatic heterocycles. The molecule has 3 aliphatic rings. The van der Waals surface area contributed by atoms with Crippen LogP contribution in [0.15, 0.2) is 35.0 Å². The molecule has 3 saturated carbocycles. The van der Waals surface area contributed by atoms with Crippen LogP contribution in [0.4, 0.5) is 13.2 Å². The van der Waals surface area contributed by atoms with Crippen molar-refractivity contribution in [3.8, 4) is 11.5 Å². The number of carbonyl (C=O) groups excluding carboxylic acids is 1. The van der Waals surface area contributed by atoms with Crippen LogP contribution in [-0.2, 0) is 11.6 Å². The van der Waals surface area contributed by atoms with Crippen LogP contribution in [-0.4, -0.2) is 36.6 Å². The molecule has 8 nitrogen and oxygen atoms in total. The second kappa shape index (κ2) is 8.07. The van der Waals surface area contributed by atoms with E-state index in [2.05, 4.69) is 30.5 Å². The first-order chi connectivity index (χ1) is 17.2. The number of hydrogen-bond acceptors (Lipinski definition) is 7. The first-order valence-electron chi connectivity index (χ1n) is 12.2. The summed E-state index contributed by atoms with van der Waals surface area (Å²) in [5.41, 5.74) is -1.06. The summed E-state index contributed by atoms with van der Waals surface area (Å²) in [7, 11) is 0. The molecule has 11 heteroatoms. The smallest absolute Gasteiger partial charge is 0.420 e. The zero-order chi connectivity index (χ0) is 25.1. The van der Waals surface area contributed by atoms with E-state index >= 15 is 0 Å². The topological polar surface area (TPSA) is 107 Å². The Morgan fingerprint density at radius 1 is 1.17 bits per heavy atom. The Balaban J connectivity index is 1.30. The van der Waals surface area contributed by atoms with Crippen molar-refractivity contribution < 1.29 is 22.4 Å². The summed E-state index contributed by atoms with van der Waals surface area (Å²) in [5, 5.41) is 11.9. The fourth-order valence-electron chi connectivity index (χ4n) is 6.78. The monoisotopic (exact) mass is 498 g/mol. The van der Waals surface area contributed by atoms with Gasteiger partial charge in [0.05, 0.1) is 11.0 Å². The number of rotatable bonds is 4. The van der Waals surface area contributed by atoms with E-state index in [4.69, 9.17) is 4.42 Å². The molecule has 3 bridgehead atoms. The van der Waals surface area contributed by atoms with Gasteiger partial charge in [-0.3, -0.25) is 9.78 Å². The number of aryl methyl sites for hydroxylation is 1. The van der Waals surface area contributed by atoms with Crippen molar-refractivity contribution >= 4 is 5.91 Å². The van der Waals surface area contributed by atoms with Gasteiger partial charge in [-0.05, 0) is 69.1 Å². The van der Waals surface area contributed by atoms with E-state index in [1.807, 2.05) is 0 Å². The molecule has 3 aromatic rings. The number of nitrogens with one attached hydrogen (secondary N) is 1. The number of halogens is 3. The quantitative estimate of drug-likeness (QED) is 0.558. The van der Waals surface area contributed by atoms with Crippen molar-refractivity contribution in [3.63, 3.8) is 0 Å². The maximum absolute atomic E-state index is 13.2. The first-order valence-corrected chi connectivity index (χ1v) is 12.2. The highest BCUT2D eigenvalue weighted by molar-refractivity contribution is 5.92. The van der Waals surface area contributed by atoms with Gasteiger partial charge < -0.3 is 9.73 Å². The van der Waals surface area contributed by atoms with Gasteiger partial charge in [-0.1, -0.05) is 12.8 Å². The Labute approximate surface area is 205 Å². The standard InChI is InChI=1S/C25H25F3N6O2/c1-14-29-8-6-18(31-14)20(35)32-24-7-2-3-15-9-17(24)11-23(10-15,13-24)22-34-33-21(36-22)16-4-5-19(30-12-16)25(26,27)28/h4-6,8,12,15,17H,2-3,7,9-11,13H2,1H3,(H,32,35). The third-order valence-corrected chi connectivity index (χ3v) is 8.16. The van der Waals surface area contributed by atoms with Crippen LogP contribution in [0.1, 0.15) is 72.8 Å². The molecule has 4 unspecified atom stereocenters. The molecule has 3 heterocycles. The minimum absolute atomic E-state index is 0.148. The van der Waals surface area contributed by atoms with E-state index in [1.165, 1.54) is 6.07 Å². The van der Waals surface area contributed by atoms with Gasteiger partial charge in [0.2, 0.25) is 11.8 Å². The lowest BCUT2D eigenvalue weighted by atomic mass is 9.69. The highest BCUT2D eigenvalue weighted by Gasteiger charge is 2.62. The Morgan fingerprint density at radius 2 is 2.03 bits per heavy atom. The minimum atomic E-state index is -4.51. The molecule has 36 heavy (non-hydrogen) atoms. The maximum Gasteiger partial charge on any atom is 0.433 e. The predicted octanol–water partition coefficient (Wildman–Crippen LogP) is 4.66. The number of alkyl halides is 3. The van der Waals surface area contributed by atoms with Crippen LogP contribution in [0.5, 0.6) is 0 Å². The van der Waals surface area contributed by atoms with E-state index in [0.717, 1.165) is 50.8 Å². The molecule has 188 valence electrons. The Kier molecular flexibility index (Phi) is 5.17. The SMILES string of the molecule is Cc1nccc(C(=O)NC23CCCC4CC2CC(c2nnc(-c5ccc(C(F)(F)F)nc5)o2)(C4)C3)n1. The second-order valence-electron chi connectivity index (χ2n) is 10.5. The van der Waals surface area contributed by atoms with Crippen LogP contribution >= 0.6 is 0 Å². The molecule has 3 aliphatic carbocycles. The summed E-state index contributed by atoms with van der Waals surface area (Å²) < 4.78 is 44.8. The van der Waals surface area contributed by atoms with Gasteiger partial charge in [-0.2, -0.15) is 13.2 Å². The van der Waals surface area contributed by atoms with Crippen LogP contribution in [0.25, 0.3) is 11.5 Å². The van der Waals surface area contributed by atoms with Gasteiger partial charge in [-0.25, -0.2) is 9.97 Å². The van der Waals surface area contributed by atoms with Gasteiger partial charge in [0, 0.05) is 17.9 Å². The molecule has 1 amide bonds. The number of amides is 1. The van der Waals surface area contributed by atoms with E-state index in [1.54, 1.807) is 19.2 Å². The number of pyridine rings is 1. The summed E-state index contributed by atoms with van der Waals surface area (Å²) in [6, 6.07) is 3.83. The summed E-state index contributed by atoms with van der Waals surface area (Å²) >= 11 is 0. The van der Waals surface area contributed by atoms with Crippen LogP contribution in [0, 0.1) is 18.8 Å². The Bertz CT molecular complexity index is 1310. The average molecular weight is 499 g/mol. The molecule has 0 radical (unpaired) electrons. The van der Waals surface area contributed by atoms with Crippen molar-refractivity contribution in [2.45, 2.75) is 69.0 Å². The van der Waals surface area contributed by atoms with Gasteiger partial charge in [0.15, 0.2) is 0 Å². The van der Waals surface area contributed by atoms with Crippen molar-refractivity contribution in [2.24, 2.45) is 11.8 Å². The van der Waals surface area contributed by atoms with Crippen molar-refractivity contribution in [3.05, 3.63) is 53.7 Å². The first kappa shape index (κ1) is 23.1. The molecular weight excluding hydrogens is 473 g/mol. The van der Waals surface area contributed by atoms with E-state index in [-0.39, 0.29) is 23.1 Å². The summed E-state index contributed by atoms with van der Waals surface area (Å²) in [6.45, 7) is 1.75. The average Bonchev–Trinajstić information content (AvgIpc) is 3.38. The highest BCUT2D eigenvalue weighted by atomic mass is 19.4. The number of nitrogens with zero attached hydrogens (tertiary/aromatic N) is 5. The van der Waals surface area contributed by atoms with Crippen LogP contribution in [0.2, 0.25) is 0 Å². The second-order valence-corrected chi connectivity index (χ2v) is 10.5. The lowest BCUT2D eigenvalue weighted by Gasteiger charge is -2.35. The molecule has 0 aromatic carbocycles. The fraction of sp³-hybridized carbons (Fsp3) is 0.520. The highest BCUT2D eigenvalue weighted by Crippen LogP contribution is 2.62. The summed E-state index contributed by atoms with van der Waals surface area (Å²) in [4.78, 5) is 25.1. The summed E-state index contributed by atoms with van der Waals surface area (Å²) in [6.07, 6.45) is 4.59. The molecule has 4 atom stereocenters. The number of aromatic nitrogens is 5. The molecule has 0 aliphatic heterocycles. The van der Waals surface area contributed by atoms with E-state index in [0.29, 0.717) is 35.3 Å². The number of carbonyl (C=O) groups is 1. The van der Waals surface area contributed by atoms with Crippen LogP contribution < -0.4 is 5.32 Å². The Morgan fingerprint density at radius 3 is 2.78 bits per heavy atom. The van der Waals surface area contributed by atoms with Gasteiger partial charge >= 0.3 is 6.18 Å². The van der Waals surface area contributed by atoms with Gasteiger partial charge in [0.1, 0.15) is 17.2 Å². The largest absolute Gasteiger partial charge is 0.433 e. The summed E-state index contributed by atoms with van der Waals surface area (Å²) in [5.74, 6) is 1.74. The third-order valence-electron chi connectivity index (χ3n) is 8.16. The normalized spacial score (nSPS) is 29.2. The predicted molar refractivity (Wildman–Crippen MR) is 120 cm³/mol. The van der Waals surface area contributed by atoms with E-state index < -0.39 is 17.4 Å². The Hall–Kier alpha value is -3.37. The van der Waals surface area contributed by atoms with Crippen LogP contribution in [0.3, 0.4) is 0 Å². The lowest BCUT2D eigenvalue weighted by Crippen LogP contribution is -2.51. The number of fused-ring (bicyclic) bond motifs is 2. The van der Waals surface area contributed by atoms with Crippen molar-refractivity contribution in [1.82, 2.24) is 30.5 Å². The van der Waals surface area contributed by atoms with Gasteiger partial charge in [0.25, 0.3) is 5.91 Å². The zero-order valence-corrected chi connectivity index (χ0v) is 19.7. The molecule has 6 rings (SSSR count). The van der Waals surface area contributed by atoms with E-state index in [9.17, 15) is 18.0 Å². The van der Waals surface area contributed by atoms with Crippen molar-refractivity contribution in [1.29, 1.82) is 0 Å². The van der Waals surface area contributed by atoms with Gasteiger partial charge in [-0.15, -0.1) is 10.2 Å². The molecule has 1 N–H and O–H groups in total. The lowest BCUT2D eigenvalue weighted by molar-refractivity contribution is -0.141. The third kappa shape index (κ3) is 3.84. The van der Waals surface area contributed by atoms with Crippen molar-refractivity contribution in [2.75, 3.05) is 0 Å².